The van der Waals surface area contributed by atoms with Crippen molar-refractivity contribution in [3.05, 3.63) is 16.1 Å². The first-order valence-electron chi connectivity index (χ1n) is 2.86. The molecule has 1 rings (SSSR count). The van der Waals surface area contributed by atoms with E-state index in [-0.39, 0.29) is 0 Å². The summed E-state index contributed by atoms with van der Waals surface area (Å²) in [5, 5.41) is 2.09. The molecular weight excluding hydrogens is 186 g/mol. The van der Waals surface area contributed by atoms with Gasteiger partial charge in [-0.15, -0.1) is 22.9 Å². The average molecular weight is 192 g/mol. The summed E-state index contributed by atoms with van der Waals surface area (Å²) in [7, 11) is 1.32. The van der Waals surface area contributed by atoms with Gasteiger partial charge >= 0.3 is 5.97 Å². The van der Waals surface area contributed by atoms with Gasteiger partial charge in [0.1, 0.15) is 0 Å². The Labute approximate surface area is 73.0 Å². The normalized spacial score (nSPS) is 9.64. The molecule has 0 N–H and O–H groups in total. The Morgan fingerprint density at radius 2 is 2.64 bits per heavy atom. The monoisotopic (exact) mass is 191 g/mol. The highest BCUT2D eigenvalue weighted by Gasteiger charge is 2.09. The summed E-state index contributed by atoms with van der Waals surface area (Å²) in [6.45, 7) is 0. The molecule has 60 valence electrons. The van der Waals surface area contributed by atoms with Gasteiger partial charge in [-0.05, 0) is 0 Å². The van der Waals surface area contributed by atoms with E-state index in [0.717, 1.165) is 0 Å². The first kappa shape index (κ1) is 8.49. The third kappa shape index (κ3) is 1.91. The molecule has 0 bridgehead atoms. The molecule has 0 saturated heterocycles. The number of methoxy groups -OCH3 is 1. The van der Waals surface area contributed by atoms with Crippen molar-refractivity contribution in [1.29, 1.82) is 0 Å². The number of rotatable bonds is 2. The Kier molecular flexibility index (Phi) is 2.84. The molecular formula is C6H6ClNO2S. The molecule has 0 aliphatic rings. The van der Waals surface area contributed by atoms with Crippen LogP contribution in [-0.2, 0) is 10.6 Å². The number of carbonyl (C=O) groups excluding carboxylic acids is 1. The van der Waals surface area contributed by atoms with E-state index in [9.17, 15) is 4.79 Å². The van der Waals surface area contributed by atoms with Gasteiger partial charge in [-0.25, -0.2) is 9.78 Å². The van der Waals surface area contributed by atoms with Crippen LogP contribution < -0.4 is 0 Å². The molecule has 0 atom stereocenters. The Bertz CT molecular complexity index is 261. The van der Waals surface area contributed by atoms with Gasteiger partial charge in [0.2, 0.25) is 5.01 Å². The summed E-state index contributed by atoms with van der Waals surface area (Å²) in [5.74, 6) is -0.0839. The summed E-state index contributed by atoms with van der Waals surface area (Å²) < 4.78 is 4.46. The minimum atomic E-state index is -0.411. The number of thiazole rings is 1. The molecule has 0 radical (unpaired) electrons. The van der Waals surface area contributed by atoms with Gasteiger partial charge < -0.3 is 4.74 Å². The Morgan fingerprint density at radius 1 is 1.91 bits per heavy atom. The first-order valence-corrected chi connectivity index (χ1v) is 4.28. The summed E-state index contributed by atoms with van der Waals surface area (Å²) in [4.78, 5) is 14.7. The fraction of sp³-hybridized carbons (Fsp3) is 0.333. The van der Waals surface area contributed by atoms with Crippen molar-refractivity contribution in [2.75, 3.05) is 7.11 Å². The van der Waals surface area contributed by atoms with Crippen LogP contribution in [0, 0.1) is 0 Å². The van der Waals surface area contributed by atoms with Crippen molar-refractivity contribution in [2.45, 2.75) is 5.88 Å². The predicted molar refractivity (Wildman–Crippen MR) is 43.0 cm³/mol. The molecule has 0 aromatic carbocycles. The molecule has 0 aliphatic carbocycles. The lowest BCUT2D eigenvalue weighted by Crippen LogP contribution is -1.99. The number of alkyl halides is 1. The van der Waals surface area contributed by atoms with Gasteiger partial charge in [-0.3, -0.25) is 0 Å². The number of halogens is 1. The van der Waals surface area contributed by atoms with Crippen LogP contribution in [0.15, 0.2) is 5.38 Å². The zero-order valence-electron chi connectivity index (χ0n) is 5.83. The van der Waals surface area contributed by atoms with Crippen molar-refractivity contribution < 1.29 is 9.53 Å². The van der Waals surface area contributed by atoms with Gasteiger partial charge in [0, 0.05) is 5.38 Å². The lowest BCUT2D eigenvalue weighted by molar-refractivity contribution is 0.0600. The van der Waals surface area contributed by atoms with Gasteiger partial charge in [-0.1, -0.05) is 0 Å². The van der Waals surface area contributed by atoms with Crippen molar-refractivity contribution >= 4 is 28.9 Å². The van der Waals surface area contributed by atoms with Gasteiger partial charge in [0.05, 0.1) is 18.7 Å². The number of esters is 1. The lowest BCUT2D eigenvalue weighted by atomic mass is 10.6. The van der Waals surface area contributed by atoms with Crippen LogP contribution in [0.3, 0.4) is 0 Å². The standard InChI is InChI=1S/C6H6ClNO2S/c1-10-6(9)5-8-4(2-7)3-11-5/h3H,2H2,1H3. The van der Waals surface area contributed by atoms with E-state index in [2.05, 4.69) is 9.72 Å². The topological polar surface area (TPSA) is 39.2 Å². The molecule has 0 amide bonds. The summed E-state index contributed by atoms with van der Waals surface area (Å²) in [5.41, 5.74) is 0.706. The number of ether oxygens (including phenoxy) is 1. The second kappa shape index (κ2) is 3.69. The lowest BCUT2D eigenvalue weighted by Gasteiger charge is -1.90. The number of hydrogen-bond donors (Lipinski definition) is 0. The second-order valence-corrected chi connectivity index (χ2v) is 2.89. The molecule has 5 heteroatoms. The molecule has 1 heterocycles. The first-order chi connectivity index (χ1) is 5.27. The SMILES string of the molecule is COC(=O)c1nc(CCl)cs1. The maximum Gasteiger partial charge on any atom is 0.367 e. The highest BCUT2D eigenvalue weighted by Crippen LogP contribution is 2.11. The minimum Gasteiger partial charge on any atom is -0.464 e. The molecule has 0 fully saturated rings. The van der Waals surface area contributed by atoms with Gasteiger partial charge in [-0.2, -0.15) is 0 Å². The summed E-state index contributed by atoms with van der Waals surface area (Å²) >= 11 is 6.72. The Balaban J connectivity index is 2.80. The van der Waals surface area contributed by atoms with Crippen LogP contribution in [0.25, 0.3) is 0 Å². The van der Waals surface area contributed by atoms with Crippen LogP contribution in [0.2, 0.25) is 0 Å². The number of aromatic nitrogens is 1. The zero-order chi connectivity index (χ0) is 8.27. The molecule has 0 saturated carbocycles. The largest absolute Gasteiger partial charge is 0.464 e. The maximum atomic E-state index is 10.8. The third-order valence-electron chi connectivity index (χ3n) is 1.05. The number of carbonyl (C=O) groups is 1. The zero-order valence-corrected chi connectivity index (χ0v) is 7.41. The molecule has 11 heavy (non-hydrogen) atoms. The van der Waals surface area contributed by atoms with Crippen LogP contribution in [0.5, 0.6) is 0 Å². The van der Waals surface area contributed by atoms with E-state index >= 15 is 0 Å². The van der Waals surface area contributed by atoms with Gasteiger partial charge in [0.25, 0.3) is 0 Å². The highest BCUT2D eigenvalue weighted by atomic mass is 35.5. The molecule has 3 nitrogen and oxygen atoms in total. The molecule has 0 aliphatic heterocycles. The van der Waals surface area contributed by atoms with E-state index in [0.29, 0.717) is 16.6 Å². The minimum absolute atomic E-state index is 0.327. The van der Waals surface area contributed by atoms with Crippen LogP contribution in [0.4, 0.5) is 0 Å². The van der Waals surface area contributed by atoms with Crippen LogP contribution in [0.1, 0.15) is 15.5 Å². The van der Waals surface area contributed by atoms with E-state index in [1.807, 2.05) is 0 Å². The quantitative estimate of drug-likeness (QED) is 0.527. The van der Waals surface area contributed by atoms with Crippen molar-refractivity contribution in [3.8, 4) is 0 Å². The van der Waals surface area contributed by atoms with Crippen molar-refractivity contribution in [1.82, 2.24) is 4.98 Å². The Hall–Kier alpha value is -0.610. The van der Waals surface area contributed by atoms with Crippen LogP contribution in [-0.4, -0.2) is 18.1 Å². The molecule has 1 aromatic heterocycles. The third-order valence-corrected chi connectivity index (χ3v) is 2.19. The predicted octanol–water partition coefficient (Wildman–Crippen LogP) is 1.67. The number of nitrogens with zero attached hydrogens (tertiary/aromatic N) is 1. The molecule has 0 spiro atoms. The van der Waals surface area contributed by atoms with E-state index in [4.69, 9.17) is 11.6 Å². The van der Waals surface area contributed by atoms with E-state index < -0.39 is 5.97 Å². The molecule has 0 unspecified atom stereocenters. The molecule has 1 aromatic rings. The fourth-order valence-electron chi connectivity index (χ4n) is 0.549. The second-order valence-electron chi connectivity index (χ2n) is 1.77. The van der Waals surface area contributed by atoms with Gasteiger partial charge in [0.15, 0.2) is 0 Å². The number of hydrogen-bond acceptors (Lipinski definition) is 4. The fourth-order valence-corrected chi connectivity index (χ4v) is 1.51. The van der Waals surface area contributed by atoms with Crippen LogP contribution >= 0.6 is 22.9 Å². The maximum absolute atomic E-state index is 10.8. The highest BCUT2D eigenvalue weighted by molar-refractivity contribution is 7.11. The average Bonchev–Trinajstić information content (AvgIpc) is 2.50. The summed E-state index contributed by atoms with van der Waals surface area (Å²) in [6, 6.07) is 0. The Morgan fingerprint density at radius 3 is 3.09 bits per heavy atom. The van der Waals surface area contributed by atoms with Crippen molar-refractivity contribution in [3.63, 3.8) is 0 Å². The summed E-state index contributed by atoms with van der Waals surface area (Å²) in [6.07, 6.45) is 0. The van der Waals surface area contributed by atoms with E-state index in [1.165, 1.54) is 18.4 Å². The van der Waals surface area contributed by atoms with Crippen molar-refractivity contribution in [2.24, 2.45) is 0 Å². The van der Waals surface area contributed by atoms with E-state index in [1.54, 1.807) is 5.38 Å². The smallest absolute Gasteiger partial charge is 0.367 e.